The molecule has 0 unspecified atom stereocenters. The van der Waals surface area contributed by atoms with Crippen LogP contribution in [0.5, 0.6) is 0 Å². The maximum absolute atomic E-state index is 11.4. The zero-order valence-electron chi connectivity index (χ0n) is 8.91. The number of carbonyl (C=O) groups is 1. The van der Waals surface area contributed by atoms with Gasteiger partial charge in [-0.05, 0) is 13.8 Å². The minimum atomic E-state index is -0.0298. The molecule has 1 heterocycles. The number of nitrogen functional groups attached to an aromatic ring is 1. The summed E-state index contributed by atoms with van der Waals surface area (Å²) in [6, 6.07) is 0. The third-order valence-corrected chi connectivity index (χ3v) is 2.44. The third-order valence-electron chi connectivity index (χ3n) is 1.72. The normalized spacial score (nSPS) is 9.73. The number of anilines is 1. The molecular weight excluding hydrogens is 210 g/mol. The Morgan fingerprint density at radius 2 is 2.40 bits per heavy atom. The van der Waals surface area contributed by atoms with Crippen molar-refractivity contribution in [2.45, 2.75) is 20.3 Å². The van der Waals surface area contributed by atoms with Crippen molar-refractivity contribution >= 4 is 22.4 Å². The Balaban J connectivity index is 2.33. The highest BCUT2D eigenvalue weighted by Crippen LogP contribution is 2.11. The Morgan fingerprint density at radius 1 is 1.67 bits per heavy atom. The van der Waals surface area contributed by atoms with E-state index in [-0.39, 0.29) is 5.91 Å². The second-order valence-corrected chi connectivity index (χ2v) is 4.33. The van der Waals surface area contributed by atoms with Crippen molar-refractivity contribution in [2.75, 3.05) is 12.3 Å². The van der Waals surface area contributed by atoms with E-state index in [0.29, 0.717) is 18.1 Å². The summed E-state index contributed by atoms with van der Waals surface area (Å²) in [7, 11) is 0. The molecule has 1 aromatic heterocycles. The quantitative estimate of drug-likeness (QED) is 0.760. The van der Waals surface area contributed by atoms with E-state index in [9.17, 15) is 4.79 Å². The zero-order valence-corrected chi connectivity index (χ0v) is 9.73. The monoisotopic (exact) mass is 225 g/mol. The van der Waals surface area contributed by atoms with Crippen molar-refractivity contribution in [2.24, 2.45) is 0 Å². The number of hydrogen-bond acceptors (Lipinski definition) is 4. The average Bonchev–Trinajstić information content (AvgIpc) is 2.50. The van der Waals surface area contributed by atoms with Gasteiger partial charge in [0.2, 0.25) is 5.91 Å². The topological polar surface area (TPSA) is 68.0 Å². The molecule has 1 aromatic rings. The largest absolute Gasteiger partial charge is 0.375 e. The Kier molecular flexibility index (Phi) is 4.30. The van der Waals surface area contributed by atoms with Gasteiger partial charge >= 0.3 is 0 Å². The predicted molar refractivity (Wildman–Crippen MR) is 62.7 cm³/mol. The van der Waals surface area contributed by atoms with E-state index in [0.717, 1.165) is 5.69 Å². The Hall–Kier alpha value is -1.36. The minimum Gasteiger partial charge on any atom is -0.375 e. The summed E-state index contributed by atoms with van der Waals surface area (Å²) in [6.07, 6.45) is 2.26. The van der Waals surface area contributed by atoms with Crippen LogP contribution in [-0.4, -0.2) is 17.4 Å². The summed E-state index contributed by atoms with van der Waals surface area (Å²) in [5, 5.41) is 5.08. The summed E-state index contributed by atoms with van der Waals surface area (Å²) >= 11 is 1.35. The van der Waals surface area contributed by atoms with Gasteiger partial charge in [0.05, 0.1) is 12.1 Å². The smallest absolute Gasteiger partial charge is 0.226 e. The van der Waals surface area contributed by atoms with Crippen molar-refractivity contribution in [1.82, 2.24) is 10.3 Å². The number of aromatic nitrogens is 1. The van der Waals surface area contributed by atoms with Gasteiger partial charge in [0.15, 0.2) is 5.13 Å². The molecule has 0 bridgehead atoms. The van der Waals surface area contributed by atoms with E-state index in [1.54, 1.807) is 5.38 Å². The fourth-order valence-corrected chi connectivity index (χ4v) is 1.56. The van der Waals surface area contributed by atoms with Crippen LogP contribution < -0.4 is 11.1 Å². The van der Waals surface area contributed by atoms with Gasteiger partial charge < -0.3 is 11.1 Å². The maximum atomic E-state index is 11.4. The molecule has 0 radical (unpaired) electrons. The van der Waals surface area contributed by atoms with Gasteiger partial charge in [0.1, 0.15) is 0 Å². The van der Waals surface area contributed by atoms with Gasteiger partial charge in [0, 0.05) is 11.9 Å². The lowest BCUT2D eigenvalue weighted by atomic mass is 10.3. The SMILES string of the molecule is CC(C)=CCNC(=O)Cc1csc(N)n1. The minimum absolute atomic E-state index is 0.0298. The zero-order chi connectivity index (χ0) is 11.3. The van der Waals surface area contributed by atoms with Crippen LogP contribution in [0.4, 0.5) is 5.13 Å². The number of nitrogens with zero attached hydrogens (tertiary/aromatic N) is 1. The molecule has 15 heavy (non-hydrogen) atoms. The van der Waals surface area contributed by atoms with Crippen LogP contribution >= 0.6 is 11.3 Å². The number of allylic oxidation sites excluding steroid dienone is 1. The van der Waals surface area contributed by atoms with Crippen LogP contribution in [-0.2, 0) is 11.2 Å². The lowest BCUT2D eigenvalue weighted by Gasteiger charge is -2.00. The maximum Gasteiger partial charge on any atom is 0.226 e. The summed E-state index contributed by atoms with van der Waals surface area (Å²) < 4.78 is 0. The van der Waals surface area contributed by atoms with E-state index < -0.39 is 0 Å². The van der Waals surface area contributed by atoms with Crippen molar-refractivity contribution in [1.29, 1.82) is 0 Å². The molecule has 0 atom stereocenters. The number of nitrogens with one attached hydrogen (secondary N) is 1. The van der Waals surface area contributed by atoms with Crippen LogP contribution in [0.1, 0.15) is 19.5 Å². The first kappa shape index (κ1) is 11.7. The third kappa shape index (κ3) is 4.60. The number of amides is 1. The summed E-state index contributed by atoms with van der Waals surface area (Å²) in [4.78, 5) is 15.4. The molecule has 0 saturated carbocycles. The Morgan fingerprint density at radius 3 is 2.93 bits per heavy atom. The van der Waals surface area contributed by atoms with E-state index >= 15 is 0 Å². The van der Waals surface area contributed by atoms with E-state index in [2.05, 4.69) is 10.3 Å². The molecule has 0 spiro atoms. The fourth-order valence-electron chi connectivity index (χ4n) is 1.000. The molecule has 0 fully saturated rings. The summed E-state index contributed by atoms with van der Waals surface area (Å²) in [5.41, 5.74) is 7.38. The molecule has 1 amide bonds. The summed E-state index contributed by atoms with van der Waals surface area (Å²) in [6.45, 7) is 4.56. The van der Waals surface area contributed by atoms with Crippen LogP contribution in [0, 0.1) is 0 Å². The lowest BCUT2D eigenvalue weighted by Crippen LogP contribution is -2.25. The Labute approximate surface area is 93.2 Å². The van der Waals surface area contributed by atoms with Crippen LogP contribution in [0.3, 0.4) is 0 Å². The van der Waals surface area contributed by atoms with E-state index in [1.165, 1.54) is 16.9 Å². The molecule has 4 nitrogen and oxygen atoms in total. The first-order valence-corrected chi connectivity index (χ1v) is 5.56. The second kappa shape index (κ2) is 5.50. The molecule has 5 heteroatoms. The van der Waals surface area contributed by atoms with Gasteiger partial charge in [-0.2, -0.15) is 0 Å². The number of rotatable bonds is 4. The van der Waals surface area contributed by atoms with Gasteiger partial charge in [-0.25, -0.2) is 4.98 Å². The fraction of sp³-hybridized carbons (Fsp3) is 0.400. The summed E-state index contributed by atoms with van der Waals surface area (Å²) in [5.74, 6) is -0.0298. The van der Waals surface area contributed by atoms with Crippen LogP contribution in [0.2, 0.25) is 0 Å². The number of carbonyl (C=O) groups excluding carboxylic acids is 1. The van der Waals surface area contributed by atoms with Crippen molar-refractivity contribution in [3.8, 4) is 0 Å². The molecule has 0 aliphatic heterocycles. The predicted octanol–water partition coefficient (Wildman–Crippen LogP) is 1.35. The first-order chi connectivity index (χ1) is 7.08. The number of hydrogen-bond donors (Lipinski definition) is 2. The van der Waals surface area contributed by atoms with Crippen LogP contribution in [0.25, 0.3) is 0 Å². The second-order valence-electron chi connectivity index (χ2n) is 3.44. The molecule has 0 aromatic carbocycles. The molecule has 82 valence electrons. The van der Waals surface area contributed by atoms with Crippen molar-refractivity contribution < 1.29 is 4.79 Å². The highest BCUT2D eigenvalue weighted by atomic mass is 32.1. The molecule has 0 aliphatic carbocycles. The number of thiazole rings is 1. The van der Waals surface area contributed by atoms with Gasteiger partial charge in [-0.3, -0.25) is 4.79 Å². The Bertz CT molecular complexity index is 366. The lowest BCUT2D eigenvalue weighted by molar-refractivity contribution is -0.120. The molecular formula is C10H15N3OS. The number of nitrogens with two attached hydrogens (primary N) is 1. The molecule has 1 rings (SSSR count). The van der Waals surface area contributed by atoms with Gasteiger partial charge in [-0.1, -0.05) is 11.6 Å². The van der Waals surface area contributed by atoms with Crippen LogP contribution in [0.15, 0.2) is 17.0 Å². The first-order valence-electron chi connectivity index (χ1n) is 4.68. The molecule has 0 saturated heterocycles. The highest BCUT2D eigenvalue weighted by Gasteiger charge is 2.04. The van der Waals surface area contributed by atoms with Gasteiger partial charge in [0.25, 0.3) is 0 Å². The molecule has 0 aliphatic rings. The van der Waals surface area contributed by atoms with Gasteiger partial charge in [-0.15, -0.1) is 11.3 Å². The standard InChI is InChI=1S/C10H15N3OS/c1-7(2)3-4-12-9(14)5-8-6-15-10(11)13-8/h3,6H,4-5H2,1-2H3,(H2,11,13)(H,12,14). The van der Waals surface area contributed by atoms with Crippen molar-refractivity contribution in [3.63, 3.8) is 0 Å². The highest BCUT2D eigenvalue weighted by molar-refractivity contribution is 7.13. The molecule has 3 N–H and O–H groups in total. The van der Waals surface area contributed by atoms with E-state index in [4.69, 9.17) is 5.73 Å². The van der Waals surface area contributed by atoms with Crippen molar-refractivity contribution in [3.05, 3.63) is 22.7 Å². The van der Waals surface area contributed by atoms with E-state index in [1.807, 2.05) is 19.9 Å². The average molecular weight is 225 g/mol.